The normalized spacial score (nSPS) is 11.3. The van der Waals surface area contributed by atoms with E-state index in [4.69, 9.17) is 9.47 Å². The Morgan fingerprint density at radius 2 is 1.52 bits per heavy atom. The number of rotatable bonds is 4. The van der Waals surface area contributed by atoms with E-state index in [1.54, 1.807) is 25.6 Å². The van der Waals surface area contributed by atoms with Gasteiger partial charge in [-0.3, -0.25) is 0 Å². The zero-order valence-corrected chi connectivity index (χ0v) is 14.5. The number of benzene rings is 2. The van der Waals surface area contributed by atoms with Crippen LogP contribution in [0, 0.1) is 13.8 Å². The van der Waals surface area contributed by atoms with Crippen molar-refractivity contribution in [1.82, 2.24) is 4.98 Å². The van der Waals surface area contributed by atoms with Crippen molar-refractivity contribution < 1.29 is 9.47 Å². The number of fused-ring (bicyclic) bond motifs is 1. The van der Waals surface area contributed by atoms with E-state index in [1.807, 2.05) is 30.4 Å². The van der Waals surface area contributed by atoms with Crippen LogP contribution in [0.5, 0.6) is 11.5 Å². The van der Waals surface area contributed by atoms with Crippen molar-refractivity contribution in [3.05, 3.63) is 52.0 Å². The largest absolute Gasteiger partial charge is 0.497 e. The zero-order chi connectivity index (χ0) is 16.4. The van der Waals surface area contributed by atoms with Crippen LogP contribution in [0.1, 0.15) is 21.7 Å². The van der Waals surface area contributed by atoms with Crippen LogP contribution in [-0.4, -0.2) is 19.2 Å². The number of aryl methyl sites for hydroxylation is 2. The van der Waals surface area contributed by atoms with Crippen molar-refractivity contribution >= 4 is 33.7 Å². The highest BCUT2D eigenvalue weighted by Gasteiger charge is 2.04. The molecule has 23 heavy (non-hydrogen) atoms. The topological polar surface area (TPSA) is 31.4 Å². The van der Waals surface area contributed by atoms with E-state index < -0.39 is 0 Å². The molecule has 3 aromatic rings. The van der Waals surface area contributed by atoms with Gasteiger partial charge in [-0.2, -0.15) is 0 Å². The third-order valence-corrected chi connectivity index (χ3v) is 4.80. The molecule has 0 fully saturated rings. The van der Waals surface area contributed by atoms with Crippen LogP contribution in [0.3, 0.4) is 0 Å². The highest BCUT2D eigenvalue weighted by molar-refractivity contribution is 7.19. The second kappa shape index (κ2) is 6.42. The fourth-order valence-corrected chi connectivity index (χ4v) is 3.31. The third kappa shape index (κ3) is 3.37. The predicted molar refractivity (Wildman–Crippen MR) is 97.6 cm³/mol. The predicted octanol–water partition coefficient (Wildman–Crippen LogP) is 5.10. The lowest BCUT2D eigenvalue weighted by molar-refractivity contribution is 0.394. The lowest BCUT2D eigenvalue weighted by atomic mass is 10.1. The first kappa shape index (κ1) is 15.6. The second-order valence-corrected chi connectivity index (χ2v) is 6.50. The van der Waals surface area contributed by atoms with Crippen LogP contribution in [0.4, 0.5) is 0 Å². The van der Waals surface area contributed by atoms with Gasteiger partial charge in [0.2, 0.25) is 0 Å². The molecule has 0 amide bonds. The van der Waals surface area contributed by atoms with Crippen molar-refractivity contribution in [3.63, 3.8) is 0 Å². The number of methoxy groups -OCH3 is 2. The molecule has 0 radical (unpaired) electrons. The number of thiazole rings is 1. The van der Waals surface area contributed by atoms with Gasteiger partial charge in [0.15, 0.2) is 0 Å². The Bertz CT molecular complexity index is 819. The number of ether oxygens (including phenoxy) is 2. The first-order valence-corrected chi connectivity index (χ1v) is 8.19. The summed E-state index contributed by atoms with van der Waals surface area (Å²) in [6.45, 7) is 4.25. The summed E-state index contributed by atoms with van der Waals surface area (Å²) < 4.78 is 11.8. The summed E-state index contributed by atoms with van der Waals surface area (Å²) in [5.41, 5.74) is 4.65. The van der Waals surface area contributed by atoms with Gasteiger partial charge in [0, 0.05) is 6.07 Å². The van der Waals surface area contributed by atoms with E-state index in [-0.39, 0.29) is 0 Å². The lowest BCUT2D eigenvalue weighted by Gasteiger charge is -2.05. The second-order valence-electron chi connectivity index (χ2n) is 5.44. The Morgan fingerprint density at radius 3 is 2.17 bits per heavy atom. The molecule has 3 rings (SSSR count). The molecule has 0 aliphatic heterocycles. The maximum atomic E-state index is 5.30. The molecule has 2 aromatic carbocycles. The van der Waals surface area contributed by atoms with Gasteiger partial charge >= 0.3 is 0 Å². The van der Waals surface area contributed by atoms with Gasteiger partial charge in [-0.1, -0.05) is 6.08 Å². The molecule has 1 heterocycles. The Hall–Kier alpha value is -2.33. The summed E-state index contributed by atoms with van der Waals surface area (Å²) in [7, 11) is 3.31. The van der Waals surface area contributed by atoms with Gasteiger partial charge < -0.3 is 9.47 Å². The third-order valence-electron chi connectivity index (χ3n) is 3.81. The molecule has 0 saturated heterocycles. The highest BCUT2D eigenvalue weighted by Crippen LogP contribution is 2.28. The fourth-order valence-electron chi connectivity index (χ4n) is 2.36. The maximum absolute atomic E-state index is 5.30. The molecule has 0 unspecified atom stereocenters. The molecule has 0 N–H and O–H groups in total. The van der Waals surface area contributed by atoms with Gasteiger partial charge in [0.05, 0.1) is 24.4 Å². The summed E-state index contributed by atoms with van der Waals surface area (Å²) in [5, 5.41) is 0.992. The summed E-state index contributed by atoms with van der Waals surface area (Å²) in [5.74, 6) is 1.55. The van der Waals surface area contributed by atoms with Crippen LogP contribution in [0.15, 0.2) is 30.3 Å². The van der Waals surface area contributed by atoms with Crippen molar-refractivity contribution in [2.24, 2.45) is 0 Å². The van der Waals surface area contributed by atoms with E-state index in [0.717, 1.165) is 27.6 Å². The summed E-state index contributed by atoms with van der Waals surface area (Å²) in [6.07, 6.45) is 4.06. The van der Waals surface area contributed by atoms with Crippen LogP contribution >= 0.6 is 11.3 Å². The van der Waals surface area contributed by atoms with Crippen LogP contribution in [0.25, 0.3) is 22.4 Å². The van der Waals surface area contributed by atoms with E-state index >= 15 is 0 Å². The van der Waals surface area contributed by atoms with E-state index in [1.165, 1.54) is 15.8 Å². The van der Waals surface area contributed by atoms with Gasteiger partial charge in [-0.25, -0.2) is 4.98 Å². The standard InChI is InChI=1S/C19H19NO2S/c1-12-7-17-18(8-13(12)2)23-19(20-17)6-5-14-9-15(21-3)11-16(10-14)22-4/h5-11H,1-4H3. The molecule has 0 aliphatic carbocycles. The number of aromatic nitrogens is 1. The smallest absolute Gasteiger partial charge is 0.123 e. The highest BCUT2D eigenvalue weighted by atomic mass is 32.1. The minimum absolute atomic E-state index is 0.777. The fraction of sp³-hybridized carbons (Fsp3) is 0.211. The first-order chi connectivity index (χ1) is 11.1. The number of hydrogen-bond donors (Lipinski definition) is 0. The molecule has 0 aliphatic rings. The first-order valence-electron chi connectivity index (χ1n) is 7.38. The molecule has 0 saturated carbocycles. The lowest BCUT2D eigenvalue weighted by Crippen LogP contribution is -1.88. The Kier molecular flexibility index (Phi) is 4.35. The Morgan fingerprint density at radius 1 is 0.870 bits per heavy atom. The Balaban J connectivity index is 1.93. The molecular weight excluding hydrogens is 306 g/mol. The van der Waals surface area contributed by atoms with Crippen LogP contribution in [-0.2, 0) is 0 Å². The maximum Gasteiger partial charge on any atom is 0.123 e. The molecular formula is C19H19NO2S. The molecule has 4 heteroatoms. The average Bonchev–Trinajstić information content (AvgIpc) is 2.94. The van der Waals surface area contributed by atoms with Crippen molar-refractivity contribution in [1.29, 1.82) is 0 Å². The number of nitrogens with zero attached hydrogens (tertiary/aromatic N) is 1. The van der Waals surface area contributed by atoms with Crippen LogP contribution in [0.2, 0.25) is 0 Å². The molecule has 0 bridgehead atoms. The Labute approximate surface area is 140 Å². The van der Waals surface area contributed by atoms with Crippen LogP contribution < -0.4 is 9.47 Å². The minimum Gasteiger partial charge on any atom is -0.497 e. The van der Waals surface area contributed by atoms with Gasteiger partial charge in [-0.05, 0) is 60.9 Å². The molecule has 0 atom stereocenters. The van der Waals surface area contributed by atoms with E-state index in [9.17, 15) is 0 Å². The average molecular weight is 325 g/mol. The molecule has 118 valence electrons. The molecule has 1 aromatic heterocycles. The van der Waals surface area contributed by atoms with E-state index in [0.29, 0.717) is 0 Å². The van der Waals surface area contributed by atoms with Gasteiger partial charge in [0.1, 0.15) is 16.5 Å². The SMILES string of the molecule is COc1cc(C=Cc2nc3cc(C)c(C)cc3s2)cc(OC)c1. The molecule has 3 nitrogen and oxygen atoms in total. The monoisotopic (exact) mass is 325 g/mol. The summed E-state index contributed by atoms with van der Waals surface area (Å²) in [4.78, 5) is 4.68. The minimum atomic E-state index is 0.777. The van der Waals surface area contributed by atoms with Crippen molar-refractivity contribution in [2.45, 2.75) is 13.8 Å². The quantitative estimate of drug-likeness (QED) is 0.668. The van der Waals surface area contributed by atoms with Gasteiger partial charge in [-0.15, -0.1) is 11.3 Å². The van der Waals surface area contributed by atoms with Gasteiger partial charge in [0.25, 0.3) is 0 Å². The molecule has 0 spiro atoms. The summed E-state index contributed by atoms with van der Waals surface area (Å²) in [6, 6.07) is 10.2. The zero-order valence-electron chi connectivity index (χ0n) is 13.7. The van der Waals surface area contributed by atoms with E-state index in [2.05, 4.69) is 31.0 Å². The van der Waals surface area contributed by atoms with Crippen molar-refractivity contribution in [3.8, 4) is 11.5 Å². The number of hydrogen-bond acceptors (Lipinski definition) is 4. The summed E-state index contributed by atoms with van der Waals surface area (Å²) >= 11 is 1.70. The van der Waals surface area contributed by atoms with Crippen molar-refractivity contribution in [2.75, 3.05) is 14.2 Å².